The highest BCUT2D eigenvalue weighted by atomic mass is 32.1. The van der Waals surface area contributed by atoms with Gasteiger partial charge in [-0.3, -0.25) is 15.0 Å². The molecule has 0 spiro atoms. The van der Waals surface area contributed by atoms with Gasteiger partial charge in [-0.25, -0.2) is 9.78 Å². The summed E-state index contributed by atoms with van der Waals surface area (Å²) in [6.07, 6.45) is 1.80. The van der Waals surface area contributed by atoms with E-state index < -0.39 is 6.03 Å². The number of nitrogens with one attached hydrogen (secondary N) is 2. The topological polar surface area (TPSA) is 77.6 Å². The summed E-state index contributed by atoms with van der Waals surface area (Å²) >= 11 is 1.62. The van der Waals surface area contributed by atoms with Crippen LogP contribution < -0.4 is 15.5 Å². The number of amides is 3. The first-order valence-electron chi connectivity index (χ1n) is 7.32. The minimum Gasteiger partial charge on any atom is -0.346 e. The molecule has 1 saturated heterocycles. The number of carbonyl (C=O) groups is 2. The van der Waals surface area contributed by atoms with Gasteiger partial charge >= 0.3 is 6.03 Å². The van der Waals surface area contributed by atoms with Crippen LogP contribution in [0.5, 0.6) is 0 Å². The lowest BCUT2D eigenvalue weighted by molar-refractivity contribution is -0.121. The van der Waals surface area contributed by atoms with E-state index in [1.165, 1.54) is 0 Å². The second kappa shape index (κ2) is 7.06. The summed E-state index contributed by atoms with van der Waals surface area (Å²) in [5.41, 5.74) is -0.357. The molecule has 0 aromatic carbocycles. The summed E-state index contributed by atoms with van der Waals surface area (Å²) in [6.45, 7) is 9.10. The Morgan fingerprint density at radius 2 is 1.95 bits per heavy atom. The van der Waals surface area contributed by atoms with Crippen molar-refractivity contribution in [3.05, 3.63) is 11.6 Å². The molecule has 0 bridgehead atoms. The standard InChI is InChI=1S/C14H23N5O2S/c1-14(2,3)17-12(21)16-11(20)10-18-5-7-19(8-6-18)13-15-4-9-22-13/h4,9H,5-8,10H2,1-3H3,(H2,16,17,20,21). The van der Waals surface area contributed by atoms with E-state index >= 15 is 0 Å². The van der Waals surface area contributed by atoms with Crippen molar-refractivity contribution in [1.29, 1.82) is 0 Å². The molecule has 122 valence electrons. The van der Waals surface area contributed by atoms with E-state index in [0.29, 0.717) is 0 Å². The van der Waals surface area contributed by atoms with Crippen molar-refractivity contribution in [2.45, 2.75) is 26.3 Å². The molecule has 0 saturated carbocycles. The third kappa shape index (κ3) is 5.27. The van der Waals surface area contributed by atoms with Gasteiger partial charge in [-0.2, -0.15) is 0 Å². The molecular formula is C14H23N5O2S. The number of hydrogen-bond donors (Lipinski definition) is 2. The van der Waals surface area contributed by atoms with E-state index in [2.05, 4.69) is 20.5 Å². The van der Waals surface area contributed by atoms with Crippen LogP contribution in [0.4, 0.5) is 9.93 Å². The molecule has 0 aliphatic carbocycles. The van der Waals surface area contributed by atoms with Crippen LogP contribution in [0.15, 0.2) is 11.6 Å². The van der Waals surface area contributed by atoms with E-state index in [1.807, 2.05) is 31.1 Å². The Balaban J connectivity index is 1.71. The molecule has 3 amide bonds. The van der Waals surface area contributed by atoms with Crippen LogP contribution in [0, 0.1) is 0 Å². The highest BCUT2D eigenvalue weighted by Gasteiger charge is 2.22. The normalized spacial score (nSPS) is 16.4. The van der Waals surface area contributed by atoms with Crippen molar-refractivity contribution in [3.63, 3.8) is 0 Å². The molecule has 1 aliphatic heterocycles. The monoisotopic (exact) mass is 325 g/mol. The third-order valence-corrected chi connectivity index (χ3v) is 4.00. The molecular weight excluding hydrogens is 302 g/mol. The van der Waals surface area contributed by atoms with Crippen LogP contribution in [-0.2, 0) is 4.79 Å². The zero-order valence-electron chi connectivity index (χ0n) is 13.3. The number of carbonyl (C=O) groups excluding carboxylic acids is 2. The van der Waals surface area contributed by atoms with E-state index in [1.54, 1.807) is 17.5 Å². The van der Waals surface area contributed by atoms with Gasteiger partial charge in [0.25, 0.3) is 0 Å². The van der Waals surface area contributed by atoms with Crippen molar-refractivity contribution < 1.29 is 9.59 Å². The number of aromatic nitrogens is 1. The maximum absolute atomic E-state index is 11.9. The van der Waals surface area contributed by atoms with Gasteiger partial charge in [0.05, 0.1) is 6.54 Å². The van der Waals surface area contributed by atoms with Crippen molar-refractivity contribution in [2.24, 2.45) is 0 Å². The molecule has 2 heterocycles. The van der Waals surface area contributed by atoms with Gasteiger partial charge in [0.2, 0.25) is 5.91 Å². The first-order chi connectivity index (χ1) is 10.3. The molecule has 1 aromatic rings. The zero-order valence-corrected chi connectivity index (χ0v) is 14.1. The SMILES string of the molecule is CC(C)(C)NC(=O)NC(=O)CN1CCN(c2nccs2)CC1. The van der Waals surface area contributed by atoms with Crippen LogP contribution >= 0.6 is 11.3 Å². The molecule has 0 unspecified atom stereocenters. The molecule has 1 fully saturated rings. The molecule has 22 heavy (non-hydrogen) atoms. The van der Waals surface area contributed by atoms with Crippen molar-refractivity contribution in [3.8, 4) is 0 Å². The number of piperazine rings is 1. The zero-order chi connectivity index (χ0) is 16.2. The Morgan fingerprint density at radius 3 is 2.50 bits per heavy atom. The Morgan fingerprint density at radius 1 is 1.27 bits per heavy atom. The average Bonchev–Trinajstić information content (AvgIpc) is 2.90. The Bertz CT molecular complexity index is 504. The van der Waals surface area contributed by atoms with Gasteiger partial charge in [-0.1, -0.05) is 0 Å². The van der Waals surface area contributed by atoms with Crippen LogP contribution in [0.25, 0.3) is 0 Å². The van der Waals surface area contributed by atoms with Crippen molar-refractivity contribution in [1.82, 2.24) is 20.5 Å². The van der Waals surface area contributed by atoms with Crippen LogP contribution in [0.1, 0.15) is 20.8 Å². The summed E-state index contributed by atoms with van der Waals surface area (Å²) in [5.74, 6) is -0.274. The number of hydrogen-bond acceptors (Lipinski definition) is 6. The van der Waals surface area contributed by atoms with Gasteiger partial charge in [0.15, 0.2) is 5.13 Å². The first kappa shape index (κ1) is 16.7. The molecule has 8 heteroatoms. The largest absolute Gasteiger partial charge is 0.346 e. The Hall–Kier alpha value is -1.67. The van der Waals surface area contributed by atoms with Gasteiger partial charge in [-0.05, 0) is 20.8 Å². The highest BCUT2D eigenvalue weighted by molar-refractivity contribution is 7.13. The number of urea groups is 1. The maximum Gasteiger partial charge on any atom is 0.321 e. The molecule has 1 aliphatic rings. The smallest absolute Gasteiger partial charge is 0.321 e. The Kier molecular flexibility index (Phi) is 5.36. The number of imide groups is 1. The fourth-order valence-electron chi connectivity index (χ4n) is 2.21. The van der Waals surface area contributed by atoms with Gasteiger partial charge in [0, 0.05) is 43.3 Å². The van der Waals surface area contributed by atoms with Crippen molar-refractivity contribution in [2.75, 3.05) is 37.6 Å². The third-order valence-electron chi connectivity index (χ3n) is 3.17. The highest BCUT2D eigenvalue weighted by Crippen LogP contribution is 2.18. The Labute approximate surface area is 134 Å². The molecule has 1 aromatic heterocycles. The minimum atomic E-state index is -0.445. The van der Waals surface area contributed by atoms with Crippen LogP contribution in [0.3, 0.4) is 0 Å². The second-order valence-electron chi connectivity index (χ2n) is 6.33. The summed E-state index contributed by atoms with van der Waals surface area (Å²) < 4.78 is 0. The lowest BCUT2D eigenvalue weighted by Crippen LogP contribution is -2.53. The second-order valence-corrected chi connectivity index (χ2v) is 7.20. The number of rotatable bonds is 3. The number of thiazole rings is 1. The lowest BCUT2D eigenvalue weighted by atomic mass is 10.1. The summed E-state index contributed by atoms with van der Waals surface area (Å²) in [7, 11) is 0. The van der Waals surface area contributed by atoms with Crippen LogP contribution in [-0.4, -0.2) is 60.1 Å². The number of anilines is 1. The van der Waals surface area contributed by atoms with Crippen molar-refractivity contribution >= 4 is 28.4 Å². The summed E-state index contributed by atoms with van der Waals surface area (Å²) in [5, 5.41) is 8.06. The fourth-order valence-corrected chi connectivity index (χ4v) is 2.91. The molecule has 2 N–H and O–H groups in total. The summed E-state index contributed by atoms with van der Waals surface area (Å²) in [6, 6.07) is -0.445. The van der Waals surface area contributed by atoms with E-state index in [-0.39, 0.29) is 18.0 Å². The van der Waals surface area contributed by atoms with Gasteiger partial charge < -0.3 is 10.2 Å². The predicted molar refractivity (Wildman–Crippen MR) is 87.2 cm³/mol. The van der Waals surface area contributed by atoms with Crippen LogP contribution in [0.2, 0.25) is 0 Å². The van der Waals surface area contributed by atoms with E-state index in [9.17, 15) is 9.59 Å². The summed E-state index contributed by atoms with van der Waals surface area (Å²) in [4.78, 5) is 32.1. The maximum atomic E-state index is 11.9. The predicted octanol–water partition coefficient (Wildman–Crippen LogP) is 0.889. The first-order valence-corrected chi connectivity index (χ1v) is 8.20. The molecule has 7 nitrogen and oxygen atoms in total. The molecule has 0 atom stereocenters. The van der Waals surface area contributed by atoms with E-state index in [4.69, 9.17) is 0 Å². The quantitative estimate of drug-likeness (QED) is 0.863. The molecule has 2 rings (SSSR count). The average molecular weight is 325 g/mol. The minimum absolute atomic E-state index is 0.239. The van der Waals surface area contributed by atoms with Gasteiger partial charge in [0.1, 0.15) is 0 Å². The lowest BCUT2D eigenvalue weighted by Gasteiger charge is -2.34. The fraction of sp³-hybridized carbons (Fsp3) is 0.643. The van der Waals surface area contributed by atoms with Gasteiger partial charge in [-0.15, -0.1) is 11.3 Å². The molecule has 0 radical (unpaired) electrons. The van der Waals surface area contributed by atoms with E-state index in [0.717, 1.165) is 31.3 Å². The number of nitrogens with zero attached hydrogens (tertiary/aromatic N) is 3.